The molecule has 52 heavy (non-hydrogen) atoms. The molecule has 0 radical (unpaired) electrons. The monoisotopic (exact) mass is 663 g/mol. The minimum absolute atomic E-state index is 0.109. The SMILES string of the molecule is CC1(C)c2cc(-c3ccc(/C=C/c4ccc5ccccc5c4)cc3)ccc2-c2ccc(-c3ccc(-n4c5ccccc5c5ccccc54)cc3)cc21. The van der Waals surface area contributed by atoms with Crippen LogP contribution in [0.15, 0.2) is 176 Å². The molecular formula is C51H37N. The Morgan fingerprint density at radius 2 is 0.885 bits per heavy atom. The van der Waals surface area contributed by atoms with Gasteiger partial charge in [-0.2, -0.15) is 0 Å². The summed E-state index contributed by atoms with van der Waals surface area (Å²) in [5.74, 6) is 0. The molecule has 0 saturated heterocycles. The van der Waals surface area contributed by atoms with Gasteiger partial charge in [0.1, 0.15) is 0 Å². The standard InChI is InChI=1S/C51H37N/c1-51(2)47-32-40(37-20-17-34(18-21-37)15-16-35-19-22-36-9-3-4-10-39(36)31-35)25-29-43(47)44-30-26-41(33-48(44)51)38-23-27-42(28-24-38)52-49-13-7-5-11-45(49)46-12-6-8-14-50(46)52/h3-33H,1-2H3/b16-15+. The highest BCUT2D eigenvalue weighted by atomic mass is 15.0. The van der Waals surface area contributed by atoms with Gasteiger partial charge in [0.25, 0.3) is 0 Å². The van der Waals surface area contributed by atoms with Crippen LogP contribution in [0.4, 0.5) is 0 Å². The number of aromatic nitrogens is 1. The highest BCUT2D eigenvalue weighted by Gasteiger charge is 2.35. The third-order valence-corrected chi connectivity index (χ3v) is 11.2. The summed E-state index contributed by atoms with van der Waals surface area (Å²) in [5.41, 5.74) is 16.4. The summed E-state index contributed by atoms with van der Waals surface area (Å²) < 4.78 is 2.38. The molecular weight excluding hydrogens is 627 g/mol. The fourth-order valence-electron chi connectivity index (χ4n) is 8.39. The molecule has 1 heterocycles. The van der Waals surface area contributed by atoms with Crippen LogP contribution in [0.25, 0.3) is 83.8 Å². The Balaban J connectivity index is 0.921. The lowest BCUT2D eigenvalue weighted by Gasteiger charge is -2.22. The molecule has 8 aromatic carbocycles. The smallest absolute Gasteiger partial charge is 0.0541 e. The number of nitrogens with zero attached hydrogens (tertiary/aromatic N) is 1. The van der Waals surface area contributed by atoms with Gasteiger partial charge in [0.05, 0.1) is 11.0 Å². The first-order valence-corrected chi connectivity index (χ1v) is 18.2. The predicted molar refractivity (Wildman–Crippen MR) is 222 cm³/mol. The summed E-state index contributed by atoms with van der Waals surface area (Å²) in [7, 11) is 0. The van der Waals surface area contributed by atoms with Crippen molar-refractivity contribution >= 4 is 44.7 Å². The first-order valence-electron chi connectivity index (χ1n) is 18.2. The lowest BCUT2D eigenvalue weighted by Crippen LogP contribution is -2.15. The quantitative estimate of drug-likeness (QED) is 0.162. The van der Waals surface area contributed by atoms with Crippen molar-refractivity contribution in [3.63, 3.8) is 0 Å². The molecule has 9 aromatic rings. The number of rotatable bonds is 5. The summed E-state index contributed by atoms with van der Waals surface area (Å²) in [4.78, 5) is 0. The maximum absolute atomic E-state index is 2.42. The van der Waals surface area contributed by atoms with E-state index in [9.17, 15) is 0 Å². The van der Waals surface area contributed by atoms with E-state index in [-0.39, 0.29) is 5.41 Å². The number of hydrogen-bond donors (Lipinski definition) is 0. The zero-order chi connectivity index (χ0) is 34.8. The summed E-state index contributed by atoms with van der Waals surface area (Å²) in [6, 6.07) is 64.6. The number of fused-ring (bicyclic) bond motifs is 7. The summed E-state index contributed by atoms with van der Waals surface area (Å²) in [5, 5.41) is 5.11. The molecule has 1 aliphatic carbocycles. The Morgan fingerprint density at radius 3 is 1.50 bits per heavy atom. The van der Waals surface area contributed by atoms with Crippen LogP contribution >= 0.6 is 0 Å². The summed E-state index contributed by atoms with van der Waals surface area (Å²) >= 11 is 0. The van der Waals surface area contributed by atoms with E-state index < -0.39 is 0 Å². The van der Waals surface area contributed by atoms with E-state index in [1.165, 1.54) is 93.9 Å². The van der Waals surface area contributed by atoms with Gasteiger partial charge in [-0.1, -0.05) is 159 Å². The van der Waals surface area contributed by atoms with Gasteiger partial charge in [-0.05, 0) is 109 Å². The molecule has 0 bridgehead atoms. The van der Waals surface area contributed by atoms with Crippen molar-refractivity contribution < 1.29 is 0 Å². The molecule has 0 saturated carbocycles. The lowest BCUT2D eigenvalue weighted by atomic mass is 9.81. The predicted octanol–water partition coefficient (Wildman–Crippen LogP) is 13.7. The third kappa shape index (κ3) is 4.93. The second-order valence-electron chi connectivity index (χ2n) is 14.6. The van der Waals surface area contributed by atoms with Gasteiger partial charge >= 0.3 is 0 Å². The van der Waals surface area contributed by atoms with Crippen LogP contribution in [0.1, 0.15) is 36.1 Å². The number of para-hydroxylation sites is 2. The fourth-order valence-corrected chi connectivity index (χ4v) is 8.39. The molecule has 10 rings (SSSR count). The van der Waals surface area contributed by atoms with Crippen molar-refractivity contribution in [1.82, 2.24) is 4.57 Å². The Labute approximate surface area is 304 Å². The molecule has 0 atom stereocenters. The van der Waals surface area contributed by atoms with Gasteiger partial charge in [0, 0.05) is 21.9 Å². The van der Waals surface area contributed by atoms with Crippen molar-refractivity contribution in [2.75, 3.05) is 0 Å². The van der Waals surface area contributed by atoms with Crippen molar-refractivity contribution in [2.24, 2.45) is 0 Å². The lowest BCUT2D eigenvalue weighted by molar-refractivity contribution is 0.661. The molecule has 0 aliphatic heterocycles. The van der Waals surface area contributed by atoms with Gasteiger partial charge in [-0.15, -0.1) is 0 Å². The number of benzene rings is 8. The maximum Gasteiger partial charge on any atom is 0.0541 e. The van der Waals surface area contributed by atoms with Crippen LogP contribution in [0, 0.1) is 0 Å². The highest BCUT2D eigenvalue weighted by Crippen LogP contribution is 2.50. The topological polar surface area (TPSA) is 4.93 Å². The van der Waals surface area contributed by atoms with Crippen LogP contribution < -0.4 is 0 Å². The molecule has 1 nitrogen and oxygen atoms in total. The van der Waals surface area contributed by atoms with Crippen molar-refractivity contribution in [3.8, 4) is 39.1 Å². The van der Waals surface area contributed by atoms with Crippen LogP contribution in [0.2, 0.25) is 0 Å². The van der Waals surface area contributed by atoms with Crippen LogP contribution in [0.3, 0.4) is 0 Å². The number of hydrogen-bond acceptors (Lipinski definition) is 0. The first-order chi connectivity index (χ1) is 25.5. The zero-order valence-electron chi connectivity index (χ0n) is 29.3. The Hall–Kier alpha value is -6.44. The molecule has 0 spiro atoms. The third-order valence-electron chi connectivity index (χ3n) is 11.2. The Bertz CT molecular complexity index is 2790. The zero-order valence-corrected chi connectivity index (χ0v) is 29.3. The molecule has 0 fully saturated rings. The maximum atomic E-state index is 2.42. The first kappa shape index (κ1) is 30.4. The van der Waals surface area contributed by atoms with Crippen LogP contribution in [-0.4, -0.2) is 4.57 Å². The van der Waals surface area contributed by atoms with E-state index in [1.54, 1.807) is 0 Å². The van der Waals surface area contributed by atoms with Gasteiger partial charge in [0.2, 0.25) is 0 Å². The molecule has 1 aliphatic rings. The second kappa shape index (κ2) is 11.8. The minimum Gasteiger partial charge on any atom is -0.309 e. The minimum atomic E-state index is -0.109. The van der Waals surface area contributed by atoms with E-state index in [0.29, 0.717) is 0 Å². The average molecular weight is 664 g/mol. The van der Waals surface area contributed by atoms with Crippen molar-refractivity contribution in [2.45, 2.75) is 19.3 Å². The van der Waals surface area contributed by atoms with E-state index >= 15 is 0 Å². The van der Waals surface area contributed by atoms with Crippen LogP contribution in [0.5, 0.6) is 0 Å². The van der Waals surface area contributed by atoms with E-state index in [4.69, 9.17) is 0 Å². The largest absolute Gasteiger partial charge is 0.309 e. The second-order valence-corrected chi connectivity index (χ2v) is 14.6. The average Bonchev–Trinajstić information content (AvgIpc) is 3.65. The van der Waals surface area contributed by atoms with Crippen molar-refractivity contribution in [1.29, 1.82) is 0 Å². The fraction of sp³-hybridized carbons (Fsp3) is 0.0588. The van der Waals surface area contributed by atoms with E-state index in [0.717, 1.165) is 0 Å². The molecule has 1 aromatic heterocycles. The van der Waals surface area contributed by atoms with Gasteiger partial charge in [0.15, 0.2) is 0 Å². The van der Waals surface area contributed by atoms with Gasteiger partial charge < -0.3 is 4.57 Å². The molecule has 0 amide bonds. The van der Waals surface area contributed by atoms with E-state index in [2.05, 4.69) is 206 Å². The molecule has 1 heteroatoms. The van der Waals surface area contributed by atoms with Crippen LogP contribution in [-0.2, 0) is 5.41 Å². The normalized spacial score (nSPS) is 13.3. The Kier molecular flexibility index (Phi) is 6.91. The Morgan fingerprint density at radius 1 is 0.404 bits per heavy atom. The molecule has 0 unspecified atom stereocenters. The van der Waals surface area contributed by atoms with Gasteiger partial charge in [-0.3, -0.25) is 0 Å². The summed E-state index contributed by atoms with van der Waals surface area (Å²) in [6.07, 6.45) is 4.40. The molecule has 246 valence electrons. The highest BCUT2D eigenvalue weighted by molar-refractivity contribution is 6.09. The van der Waals surface area contributed by atoms with Gasteiger partial charge in [-0.25, -0.2) is 0 Å². The molecule has 0 N–H and O–H groups in total. The van der Waals surface area contributed by atoms with Crippen molar-refractivity contribution in [3.05, 3.63) is 198 Å². The van der Waals surface area contributed by atoms with E-state index in [1.807, 2.05) is 0 Å². The summed E-state index contributed by atoms with van der Waals surface area (Å²) in [6.45, 7) is 4.74.